The third-order valence-corrected chi connectivity index (χ3v) is 9.43. The van der Waals surface area contributed by atoms with Gasteiger partial charge in [-0.25, -0.2) is 0 Å². The first kappa shape index (κ1) is 26.3. The molecule has 7 atom stereocenters. The minimum Gasteiger partial charge on any atom is -0.481 e. The molecule has 3 aliphatic rings. The van der Waals surface area contributed by atoms with Crippen molar-refractivity contribution in [3.63, 3.8) is 0 Å². The normalized spacial score (nSPS) is 32.0. The van der Waals surface area contributed by atoms with Gasteiger partial charge in [0, 0.05) is 34.5 Å². The second kappa shape index (κ2) is 10.3. The summed E-state index contributed by atoms with van der Waals surface area (Å²) in [7, 11) is 0. The van der Waals surface area contributed by atoms with Crippen molar-refractivity contribution in [1.82, 2.24) is 4.90 Å². The van der Waals surface area contributed by atoms with E-state index in [0.29, 0.717) is 18.7 Å². The van der Waals surface area contributed by atoms with Crippen molar-refractivity contribution in [2.24, 2.45) is 17.8 Å². The molecule has 2 saturated carbocycles. The molecule has 9 nitrogen and oxygen atoms in total. The van der Waals surface area contributed by atoms with Crippen molar-refractivity contribution in [3.05, 3.63) is 24.3 Å². The standard InChI is InChI=1S/C26H34N4O5S/c1-4-30-21-20(24(32)33)18(13-27)22(21)36-19-11-9-14(8-10-17(19)23(30)31)28-15-6-5-7-16(12-15)29-25(34)26(2,3)35/h5-7,12,14,17-22,28,35H,4,8-11H2,1-3H3,(H,29,34)(H,32,33). The Morgan fingerprint density at radius 3 is 2.56 bits per heavy atom. The Hall–Kier alpha value is -2.77. The predicted octanol–water partition coefficient (Wildman–Crippen LogP) is 2.92. The summed E-state index contributed by atoms with van der Waals surface area (Å²) >= 11 is 1.65. The molecule has 3 fully saturated rings. The number of hydrogen-bond donors (Lipinski definition) is 4. The van der Waals surface area contributed by atoms with Gasteiger partial charge in [0.15, 0.2) is 0 Å². The number of aliphatic hydroxyl groups is 1. The highest BCUT2D eigenvalue weighted by molar-refractivity contribution is 8.00. The highest BCUT2D eigenvalue weighted by Crippen LogP contribution is 2.52. The van der Waals surface area contributed by atoms with E-state index in [4.69, 9.17) is 0 Å². The number of rotatable bonds is 6. The maximum Gasteiger partial charge on any atom is 0.310 e. The summed E-state index contributed by atoms with van der Waals surface area (Å²) in [4.78, 5) is 39.3. The number of carboxylic acids is 1. The Kier molecular flexibility index (Phi) is 7.53. The van der Waals surface area contributed by atoms with E-state index < -0.39 is 35.4 Å². The largest absolute Gasteiger partial charge is 0.481 e. The zero-order valence-electron chi connectivity index (χ0n) is 20.8. The molecule has 10 heteroatoms. The van der Waals surface area contributed by atoms with Gasteiger partial charge in [-0.1, -0.05) is 6.07 Å². The third kappa shape index (κ3) is 5.04. The van der Waals surface area contributed by atoms with Gasteiger partial charge in [0.1, 0.15) is 5.60 Å². The van der Waals surface area contributed by atoms with Crippen LogP contribution in [0.15, 0.2) is 24.3 Å². The number of nitrogens with one attached hydrogen (secondary N) is 2. The minimum atomic E-state index is -1.48. The number of benzene rings is 1. The number of carboxylic acid groups (broad SMARTS) is 1. The molecule has 4 N–H and O–H groups in total. The van der Waals surface area contributed by atoms with Crippen LogP contribution in [0.2, 0.25) is 0 Å². The average Bonchev–Trinajstić information content (AvgIpc) is 3.04. The lowest BCUT2D eigenvalue weighted by atomic mass is 9.68. The van der Waals surface area contributed by atoms with Crippen LogP contribution < -0.4 is 10.6 Å². The SMILES string of the molecule is CCN1C(=O)C2CCC(Nc3cccc(NC(=O)C(C)(C)O)c3)CCC2SC2C(C#N)C(C(=O)O)C21. The first-order valence-electron chi connectivity index (χ1n) is 12.5. The van der Waals surface area contributed by atoms with Crippen molar-refractivity contribution < 1.29 is 24.6 Å². The van der Waals surface area contributed by atoms with Crippen LogP contribution in [-0.4, -0.2) is 67.6 Å². The number of hydrogen-bond acceptors (Lipinski definition) is 7. The van der Waals surface area contributed by atoms with Crippen LogP contribution in [0.3, 0.4) is 0 Å². The Balaban J connectivity index is 1.46. The number of carbonyl (C=O) groups excluding carboxylic acids is 2. The highest BCUT2D eigenvalue weighted by Gasteiger charge is 2.61. The van der Waals surface area contributed by atoms with Gasteiger partial charge in [-0.05, 0) is 64.7 Å². The Labute approximate surface area is 215 Å². The predicted molar refractivity (Wildman–Crippen MR) is 137 cm³/mol. The number of anilines is 2. The summed E-state index contributed by atoms with van der Waals surface area (Å²) < 4.78 is 0. The lowest BCUT2D eigenvalue weighted by molar-refractivity contribution is -0.155. The van der Waals surface area contributed by atoms with Crippen molar-refractivity contribution in [2.75, 3.05) is 17.2 Å². The van der Waals surface area contributed by atoms with Crippen LogP contribution in [0, 0.1) is 29.1 Å². The molecule has 1 heterocycles. The number of amides is 2. The molecule has 2 aliphatic carbocycles. The molecule has 1 aromatic carbocycles. The zero-order valence-corrected chi connectivity index (χ0v) is 21.6. The van der Waals surface area contributed by atoms with E-state index >= 15 is 0 Å². The van der Waals surface area contributed by atoms with Crippen molar-refractivity contribution in [1.29, 1.82) is 5.26 Å². The Morgan fingerprint density at radius 2 is 1.92 bits per heavy atom. The fraction of sp³-hybridized carbons (Fsp3) is 0.615. The highest BCUT2D eigenvalue weighted by atomic mass is 32.2. The summed E-state index contributed by atoms with van der Waals surface area (Å²) in [5, 5.41) is 35.4. The van der Waals surface area contributed by atoms with Crippen LogP contribution in [0.1, 0.15) is 46.5 Å². The van der Waals surface area contributed by atoms with Gasteiger partial charge in [-0.15, -0.1) is 0 Å². The van der Waals surface area contributed by atoms with Crippen LogP contribution in [-0.2, 0) is 14.4 Å². The topological polar surface area (TPSA) is 143 Å². The maximum atomic E-state index is 13.6. The number of nitrogens with zero attached hydrogens (tertiary/aromatic N) is 2. The molecule has 0 bridgehead atoms. The van der Waals surface area contributed by atoms with E-state index in [9.17, 15) is 29.9 Å². The fourth-order valence-corrected chi connectivity index (χ4v) is 7.67. The molecule has 2 amide bonds. The summed E-state index contributed by atoms with van der Waals surface area (Å²) in [5.74, 6) is -3.07. The lowest BCUT2D eigenvalue weighted by Crippen LogP contribution is -2.64. The van der Waals surface area contributed by atoms with Crippen molar-refractivity contribution in [3.8, 4) is 6.07 Å². The van der Waals surface area contributed by atoms with Crippen LogP contribution in [0.4, 0.5) is 11.4 Å². The van der Waals surface area contributed by atoms with E-state index in [1.807, 2.05) is 25.1 Å². The minimum absolute atomic E-state index is 0.0158. The fourth-order valence-electron chi connectivity index (χ4n) is 5.68. The van der Waals surface area contributed by atoms with Crippen molar-refractivity contribution in [2.45, 2.75) is 74.6 Å². The second-order valence-corrected chi connectivity index (χ2v) is 11.9. The molecule has 0 aromatic heterocycles. The number of fused-ring (bicyclic) bond motifs is 2. The first-order valence-corrected chi connectivity index (χ1v) is 13.5. The number of nitriles is 1. The zero-order chi connectivity index (χ0) is 26.2. The molecule has 0 spiro atoms. The Morgan fingerprint density at radius 1 is 1.22 bits per heavy atom. The molecule has 36 heavy (non-hydrogen) atoms. The molecule has 1 aliphatic heterocycles. The second-order valence-electron chi connectivity index (χ2n) is 10.5. The van der Waals surface area contributed by atoms with Gasteiger partial charge in [-0.3, -0.25) is 14.4 Å². The van der Waals surface area contributed by atoms with Gasteiger partial charge in [0.2, 0.25) is 5.91 Å². The van der Waals surface area contributed by atoms with Gasteiger partial charge < -0.3 is 25.7 Å². The lowest BCUT2D eigenvalue weighted by Gasteiger charge is -2.50. The van der Waals surface area contributed by atoms with Gasteiger partial charge in [0.25, 0.3) is 5.91 Å². The van der Waals surface area contributed by atoms with Crippen molar-refractivity contribution >= 4 is 40.9 Å². The molecule has 194 valence electrons. The number of thioether (sulfide) groups is 1. The maximum absolute atomic E-state index is 13.6. The monoisotopic (exact) mass is 514 g/mol. The summed E-state index contributed by atoms with van der Waals surface area (Å²) in [6.07, 6.45) is 3.11. The molecule has 4 rings (SSSR count). The molecule has 1 aromatic rings. The molecule has 1 saturated heterocycles. The number of aliphatic carboxylic acids is 1. The van der Waals surface area contributed by atoms with Crippen LogP contribution in [0.25, 0.3) is 0 Å². The van der Waals surface area contributed by atoms with E-state index in [1.54, 1.807) is 22.7 Å². The van der Waals surface area contributed by atoms with Gasteiger partial charge in [0.05, 0.1) is 29.9 Å². The molecular weight excluding hydrogens is 480 g/mol. The Bertz CT molecular complexity index is 1070. The number of carbonyl (C=O) groups is 3. The van der Waals surface area contributed by atoms with E-state index in [1.165, 1.54) is 13.8 Å². The molecule has 0 radical (unpaired) electrons. The van der Waals surface area contributed by atoms with Crippen LogP contribution >= 0.6 is 11.8 Å². The molecule has 7 unspecified atom stereocenters. The third-order valence-electron chi connectivity index (χ3n) is 7.63. The molecular formula is C26H34N4O5S. The van der Waals surface area contributed by atoms with Crippen LogP contribution in [0.5, 0.6) is 0 Å². The van der Waals surface area contributed by atoms with E-state index in [-0.39, 0.29) is 28.4 Å². The summed E-state index contributed by atoms with van der Waals surface area (Å²) in [6, 6.07) is 9.26. The average molecular weight is 515 g/mol. The van der Waals surface area contributed by atoms with E-state index in [2.05, 4.69) is 16.7 Å². The quantitative estimate of drug-likeness (QED) is 0.454. The first-order chi connectivity index (χ1) is 17.0. The van der Waals surface area contributed by atoms with Gasteiger partial charge >= 0.3 is 5.97 Å². The van der Waals surface area contributed by atoms with E-state index in [0.717, 1.165) is 24.9 Å². The smallest absolute Gasteiger partial charge is 0.310 e. The summed E-state index contributed by atoms with van der Waals surface area (Å²) in [5.41, 5.74) is -0.0513. The van der Waals surface area contributed by atoms with Gasteiger partial charge in [-0.2, -0.15) is 17.0 Å². The summed E-state index contributed by atoms with van der Waals surface area (Å²) in [6.45, 7) is 5.19.